The molecule has 0 aliphatic heterocycles. The van der Waals surface area contributed by atoms with Crippen LogP contribution in [-0.2, 0) is 13.5 Å². The van der Waals surface area contributed by atoms with Crippen LogP contribution in [0.2, 0.25) is 0 Å². The topological polar surface area (TPSA) is 77.6 Å². The second kappa shape index (κ2) is 6.16. The molecule has 0 saturated heterocycles. The fraction of sp³-hybridized carbons (Fsp3) is 0.333. The summed E-state index contributed by atoms with van der Waals surface area (Å²) in [6, 6.07) is 7.54. The lowest BCUT2D eigenvalue weighted by atomic mass is 9.93. The minimum absolute atomic E-state index is 0.0380. The van der Waals surface area contributed by atoms with Crippen molar-refractivity contribution in [1.29, 1.82) is 0 Å². The van der Waals surface area contributed by atoms with Gasteiger partial charge in [-0.1, -0.05) is 6.07 Å². The van der Waals surface area contributed by atoms with E-state index in [4.69, 9.17) is 0 Å². The maximum Gasteiger partial charge on any atom is 0.270 e. The summed E-state index contributed by atoms with van der Waals surface area (Å²) in [5.41, 5.74) is 3.60. The predicted octanol–water partition coefficient (Wildman–Crippen LogP) is 2.12. The van der Waals surface area contributed by atoms with Crippen molar-refractivity contribution in [3.8, 4) is 5.82 Å². The number of carbonyl (C=O) groups is 1. The van der Waals surface area contributed by atoms with Gasteiger partial charge in [0.1, 0.15) is 5.69 Å². The highest BCUT2D eigenvalue weighted by atomic mass is 16.2. The van der Waals surface area contributed by atoms with E-state index >= 15 is 0 Å². The average molecular weight is 336 g/mol. The number of amides is 1. The maximum atomic E-state index is 12.6. The molecule has 3 aromatic rings. The predicted molar refractivity (Wildman–Crippen MR) is 92.4 cm³/mol. The smallest absolute Gasteiger partial charge is 0.270 e. The number of nitrogens with zero attached hydrogens (tertiary/aromatic N) is 5. The Bertz CT molecular complexity index is 911. The Hall–Kier alpha value is -2.96. The molecule has 0 fully saturated rings. The SMILES string of the molecule is Cc1cc(C(=O)N[C@@H]2CCCc3c2cnn3-c2ccccn2)n(C)n1. The van der Waals surface area contributed by atoms with Gasteiger partial charge in [0, 0.05) is 18.8 Å². The van der Waals surface area contributed by atoms with Gasteiger partial charge in [-0.05, 0) is 44.4 Å². The third-order valence-electron chi connectivity index (χ3n) is 4.59. The summed E-state index contributed by atoms with van der Waals surface area (Å²) >= 11 is 0. The van der Waals surface area contributed by atoms with E-state index in [0.717, 1.165) is 42.0 Å². The van der Waals surface area contributed by atoms with E-state index in [0.29, 0.717) is 5.69 Å². The monoisotopic (exact) mass is 336 g/mol. The summed E-state index contributed by atoms with van der Waals surface area (Å²) in [6.45, 7) is 1.88. The van der Waals surface area contributed by atoms with E-state index < -0.39 is 0 Å². The van der Waals surface area contributed by atoms with E-state index in [-0.39, 0.29) is 11.9 Å². The minimum Gasteiger partial charge on any atom is -0.344 e. The first-order valence-electron chi connectivity index (χ1n) is 8.43. The fourth-order valence-electron chi connectivity index (χ4n) is 3.44. The Balaban J connectivity index is 1.61. The molecule has 0 spiro atoms. The molecule has 1 aliphatic carbocycles. The number of hydrogen-bond acceptors (Lipinski definition) is 4. The minimum atomic E-state index is -0.105. The summed E-state index contributed by atoms with van der Waals surface area (Å²) in [5, 5.41) is 11.9. The molecule has 3 aromatic heterocycles. The molecule has 0 saturated carbocycles. The van der Waals surface area contributed by atoms with Gasteiger partial charge >= 0.3 is 0 Å². The first-order valence-corrected chi connectivity index (χ1v) is 8.43. The lowest BCUT2D eigenvalue weighted by Crippen LogP contribution is -2.32. The van der Waals surface area contributed by atoms with Crippen LogP contribution in [0, 0.1) is 6.92 Å². The number of aromatic nitrogens is 5. The molecule has 1 atom stereocenters. The number of rotatable bonds is 3. The summed E-state index contributed by atoms with van der Waals surface area (Å²) in [5.74, 6) is 0.699. The molecule has 0 radical (unpaired) electrons. The third kappa shape index (κ3) is 2.82. The molecule has 4 rings (SSSR count). The number of aryl methyl sites for hydroxylation is 2. The van der Waals surface area contributed by atoms with Gasteiger partial charge in [0.05, 0.1) is 23.6 Å². The standard InChI is InChI=1S/C18H20N6O/c1-12-10-16(23(2)22-12)18(25)21-14-6-5-7-15-13(14)11-20-24(15)17-8-3-4-9-19-17/h3-4,8-11,14H,5-7H2,1-2H3,(H,21,25)/t14-/m1/s1. The van der Waals surface area contributed by atoms with Crippen LogP contribution in [0.3, 0.4) is 0 Å². The van der Waals surface area contributed by atoms with Crippen molar-refractivity contribution in [2.24, 2.45) is 7.05 Å². The number of nitrogens with one attached hydrogen (secondary N) is 1. The highest BCUT2D eigenvalue weighted by Gasteiger charge is 2.27. The van der Waals surface area contributed by atoms with Crippen LogP contribution in [0.4, 0.5) is 0 Å². The Morgan fingerprint density at radius 1 is 1.36 bits per heavy atom. The van der Waals surface area contributed by atoms with E-state index in [9.17, 15) is 4.79 Å². The molecule has 7 nitrogen and oxygen atoms in total. The number of pyridine rings is 1. The van der Waals surface area contributed by atoms with Crippen molar-refractivity contribution in [3.63, 3.8) is 0 Å². The first-order chi connectivity index (χ1) is 12.1. The van der Waals surface area contributed by atoms with Crippen LogP contribution in [0.15, 0.2) is 36.7 Å². The molecule has 25 heavy (non-hydrogen) atoms. The van der Waals surface area contributed by atoms with Crippen molar-refractivity contribution in [2.75, 3.05) is 0 Å². The average Bonchev–Trinajstić information content (AvgIpc) is 3.19. The van der Waals surface area contributed by atoms with Crippen molar-refractivity contribution in [3.05, 3.63) is 59.3 Å². The maximum absolute atomic E-state index is 12.6. The van der Waals surface area contributed by atoms with Crippen molar-refractivity contribution in [2.45, 2.75) is 32.2 Å². The van der Waals surface area contributed by atoms with Crippen LogP contribution in [0.25, 0.3) is 5.82 Å². The van der Waals surface area contributed by atoms with Gasteiger partial charge in [-0.2, -0.15) is 10.2 Å². The number of fused-ring (bicyclic) bond motifs is 1. The van der Waals surface area contributed by atoms with Crippen LogP contribution < -0.4 is 5.32 Å². The van der Waals surface area contributed by atoms with E-state index in [1.54, 1.807) is 24.0 Å². The molecule has 7 heteroatoms. The van der Waals surface area contributed by atoms with Crippen LogP contribution >= 0.6 is 0 Å². The van der Waals surface area contributed by atoms with Gasteiger partial charge in [0.25, 0.3) is 5.91 Å². The lowest BCUT2D eigenvalue weighted by Gasteiger charge is -2.24. The highest BCUT2D eigenvalue weighted by Crippen LogP contribution is 2.31. The molecular weight excluding hydrogens is 316 g/mol. The largest absolute Gasteiger partial charge is 0.344 e. The Kier molecular flexibility index (Phi) is 3.83. The Morgan fingerprint density at radius 2 is 2.24 bits per heavy atom. The van der Waals surface area contributed by atoms with Gasteiger partial charge in [-0.25, -0.2) is 9.67 Å². The lowest BCUT2D eigenvalue weighted by molar-refractivity contribution is 0.0923. The third-order valence-corrected chi connectivity index (χ3v) is 4.59. The molecule has 0 bridgehead atoms. The Morgan fingerprint density at radius 3 is 2.96 bits per heavy atom. The molecule has 0 unspecified atom stereocenters. The van der Waals surface area contributed by atoms with Crippen LogP contribution in [-0.4, -0.2) is 30.5 Å². The van der Waals surface area contributed by atoms with Gasteiger partial charge in [0.15, 0.2) is 5.82 Å². The highest BCUT2D eigenvalue weighted by molar-refractivity contribution is 5.93. The van der Waals surface area contributed by atoms with Crippen molar-refractivity contribution in [1.82, 2.24) is 29.9 Å². The molecule has 128 valence electrons. The number of hydrogen-bond donors (Lipinski definition) is 1. The zero-order valence-corrected chi connectivity index (χ0v) is 14.3. The first kappa shape index (κ1) is 15.6. The van der Waals surface area contributed by atoms with Crippen LogP contribution in [0.1, 0.15) is 46.3 Å². The van der Waals surface area contributed by atoms with Crippen molar-refractivity contribution < 1.29 is 4.79 Å². The fourth-order valence-corrected chi connectivity index (χ4v) is 3.44. The van der Waals surface area contributed by atoms with Gasteiger partial charge in [0.2, 0.25) is 0 Å². The molecule has 0 aromatic carbocycles. The molecular formula is C18H20N6O. The second-order valence-corrected chi connectivity index (χ2v) is 6.36. The van der Waals surface area contributed by atoms with Gasteiger partial charge < -0.3 is 5.32 Å². The second-order valence-electron chi connectivity index (χ2n) is 6.36. The number of carbonyl (C=O) groups excluding carboxylic acids is 1. The molecule has 1 N–H and O–H groups in total. The zero-order chi connectivity index (χ0) is 17.4. The van der Waals surface area contributed by atoms with Crippen molar-refractivity contribution >= 4 is 5.91 Å². The summed E-state index contributed by atoms with van der Waals surface area (Å²) in [7, 11) is 1.79. The molecule has 3 heterocycles. The van der Waals surface area contributed by atoms with E-state index in [1.807, 2.05) is 36.0 Å². The Labute approximate surface area is 145 Å². The quantitative estimate of drug-likeness (QED) is 0.795. The summed E-state index contributed by atoms with van der Waals surface area (Å²) in [4.78, 5) is 17.0. The van der Waals surface area contributed by atoms with E-state index in [2.05, 4.69) is 20.5 Å². The van der Waals surface area contributed by atoms with E-state index in [1.165, 1.54) is 0 Å². The van der Waals surface area contributed by atoms with Gasteiger partial charge in [-0.3, -0.25) is 9.48 Å². The zero-order valence-electron chi connectivity index (χ0n) is 14.3. The van der Waals surface area contributed by atoms with Gasteiger partial charge in [-0.15, -0.1) is 0 Å². The molecule has 1 aliphatic rings. The normalized spacial score (nSPS) is 16.5. The molecule has 1 amide bonds. The summed E-state index contributed by atoms with van der Waals surface area (Å²) in [6.07, 6.45) is 6.45. The van der Waals surface area contributed by atoms with Crippen LogP contribution in [0.5, 0.6) is 0 Å². The summed E-state index contributed by atoms with van der Waals surface area (Å²) < 4.78 is 3.49.